The Morgan fingerprint density at radius 2 is 2.06 bits per heavy atom. The van der Waals surface area contributed by atoms with Crippen LogP contribution in [0.15, 0.2) is 35.6 Å². The SMILES string of the molecule is CC#CC/C=C(\C=NC)c1ccc(-c2cnn3c2nc(C2CCS(=O)(=O)CC2)c2c(C)[nH]nc23)cn1. The number of nitrogens with zero attached hydrogens (tertiary/aromatic N) is 6. The minimum atomic E-state index is -2.98. The minimum absolute atomic E-state index is 0.0489. The molecule has 184 valence electrons. The molecule has 0 bridgehead atoms. The minimum Gasteiger partial charge on any atom is -0.296 e. The summed E-state index contributed by atoms with van der Waals surface area (Å²) in [6, 6.07) is 3.95. The molecule has 4 aromatic heterocycles. The summed E-state index contributed by atoms with van der Waals surface area (Å²) in [7, 11) is -1.25. The first kappa shape index (κ1) is 23.9. The third-order valence-corrected chi connectivity index (χ3v) is 8.25. The first-order valence-corrected chi connectivity index (χ1v) is 13.7. The maximum atomic E-state index is 12.0. The van der Waals surface area contributed by atoms with Crippen LogP contribution in [-0.2, 0) is 9.84 Å². The molecule has 0 amide bonds. The van der Waals surface area contributed by atoms with Crippen molar-refractivity contribution in [3.8, 4) is 23.0 Å². The molecule has 5 rings (SSSR count). The molecular formula is C26H27N7O2S. The highest BCUT2D eigenvalue weighted by molar-refractivity contribution is 7.91. The molecular weight excluding hydrogens is 474 g/mol. The Hall–Kier alpha value is -3.84. The number of allylic oxidation sites excluding steroid dienone is 2. The topological polar surface area (TPSA) is 118 Å². The number of aryl methyl sites for hydroxylation is 1. The lowest BCUT2D eigenvalue weighted by Crippen LogP contribution is -2.23. The lowest BCUT2D eigenvalue weighted by atomic mass is 9.95. The maximum Gasteiger partial charge on any atom is 0.186 e. The van der Waals surface area contributed by atoms with Gasteiger partial charge in [0.05, 0.1) is 34.5 Å². The van der Waals surface area contributed by atoms with Crippen LogP contribution in [0.5, 0.6) is 0 Å². The van der Waals surface area contributed by atoms with Crippen LogP contribution in [0.25, 0.3) is 33.4 Å². The second kappa shape index (κ2) is 9.66. The van der Waals surface area contributed by atoms with Gasteiger partial charge in [0, 0.05) is 54.2 Å². The number of hydrogen-bond acceptors (Lipinski definition) is 7. The predicted octanol–water partition coefficient (Wildman–Crippen LogP) is 3.77. The highest BCUT2D eigenvalue weighted by Gasteiger charge is 2.29. The first-order chi connectivity index (χ1) is 17.4. The van der Waals surface area contributed by atoms with E-state index in [9.17, 15) is 8.42 Å². The lowest BCUT2D eigenvalue weighted by Gasteiger charge is -2.22. The van der Waals surface area contributed by atoms with Crippen molar-refractivity contribution in [2.75, 3.05) is 18.6 Å². The Kier molecular flexibility index (Phi) is 6.41. The van der Waals surface area contributed by atoms with E-state index in [2.05, 4.69) is 37.1 Å². The molecule has 0 radical (unpaired) electrons. The number of H-pyrrole nitrogens is 1. The van der Waals surface area contributed by atoms with Gasteiger partial charge in [-0.15, -0.1) is 5.92 Å². The molecule has 0 unspecified atom stereocenters. The molecule has 9 nitrogen and oxygen atoms in total. The van der Waals surface area contributed by atoms with Crippen LogP contribution < -0.4 is 0 Å². The molecule has 1 aliphatic rings. The summed E-state index contributed by atoms with van der Waals surface area (Å²) in [6.07, 6.45) is 9.12. The quantitative estimate of drug-likeness (QED) is 0.329. The van der Waals surface area contributed by atoms with Crippen molar-refractivity contribution in [1.29, 1.82) is 0 Å². The third-order valence-electron chi connectivity index (χ3n) is 6.54. The van der Waals surface area contributed by atoms with Gasteiger partial charge in [-0.2, -0.15) is 14.7 Å². The Bertz CT molecular complexity index is 1650. The van der Waals surface area contributed by atoms with Gasteiger partial charge in [-0.1, -0.05) is 18.1 Å². The molecule has 1 N–H and O–H groups in total. The van der Waals surface area contributed by atoms with E-state index in [-0.39, 0.29) is 17.4 Å². The Balaban J connectivity index is 1.58. The van der Waals surface area contributed by atoms with Crippen LogP contribution in [0.1, 0.15) is 49.2 Å². The van der Waals surface area contributed by atoms with Gasteiger partial charge in [-0.25, -0.2) is 13.4 Å². The average Bonchev–Trinajstić information content (AvgIpc) is 3.47. The summed E-state index contributed by atoms with van der Waals surface area (Å²) in [6.45, 7) is 3.77. The van der Waals surface area contributed by atoms with Crippen molar-refractivity contribution >= 4 is 38.3 Å². The van der Waals surface area contributed by atoms with Gasteiger partial charge in [0.1, 0.15) is 9.84 Å². The van der Waals surface area contributed by atoms with Gasteiger partial charge in [-0.3, -0.25) is 15.1 Å². The molecule has 0 aromatic carbocycles. The van der Waals surface area contributed by atoms with E-state index in [1.165, 1.54) is 0 Å². The summed E-state index contributed by atoms with van der Waals surface area (Å²) in [5.74, 6) is 6.34. The van der Waals surface area contributed by atoms with Gasteiger partial charge >= 0.3 is 0 Å². The number of aliphatic imine (C=N–C) groups is 1. The number of nitrogens with one attached hydrogen (secondary N) is 1. The van der Waals surface area contributed by atoms with Crippen molar-refractivity contribution in [1.82, 2.24) is 29.8 Å². The Labute approximate surface area is 209 Å². The second-order valence-electron chi connectivity index (χ2n) is 8.87. The van der Waals surface area contributed by atoms with E-state index in [4.69, 9.17) is 4.98 Å². The fraction of sp³-hybridized carbons (Fsp3) is 0.346. The smallest absolute Gasteiger partial charge is 0.186 e. The maximum absolute atomic E-state index is 12.0. The average molecular weight is 502 g/mol. The normalized spacial score (nSPS) is 16.6. The number of rotatable bonds is 5. The van der Waals surface area contributed by atoms with E-state index < -0.39 is 9.84 Å². The number of fused-ring (bicyclic) bond motifs is 3. The lowest BCUT2D eigenvalue weighted by molar-refractivity contribution is 0.546. The number of aromatic amines is 1. The van der Waals surface area contributed by atoms with E-state index >= 15 is 0 Å². The molecule has 0 saturated carbocycles. The largest absolute Gasteiger partial charge is 0.296 e. The van der Waals surface area contributed by atoms with Crippen molar-refractivity contribution in [2.24, 2.45) is 4.99 Å². The van der Waals surface area contributed by atoms with Gasteiger partial charge in [0.15, 0.2) is 11.3 Å². The predicted molar refractivity (Wildman–Crippen MR) is 142 cm³/mol. The standard InChI is InChI=1S/C26H27N7O2S/c1-4-5-6-7-20(14-27-3)22-9-8-19(15-28-22)21-16-29-33-25(21)30-24(23-17(2)31-32-26(23)33)18-10-12-36(34,35)13-11-18/h7-9,14-16,18H,6,10-13H2,1-3H3,(H,31,32)/b20-7+,27-14?. The zero-order valence-corrected chi connectivity index (χ0v) is 21.3. The summed E-state index contributed by atoms with van der Waals surface area (Å²) >= 11 is 0. The molecule has 0 aliphatic carbocycles. The van der Waals surface area contributed by atoms with Crippen LogP contribution in [0.4, 0.5) is 0 Å². The molecule has 4 aromatic rings. The van der Waals surface area contributed by atoms with Gasteiger partial charge < -0.3 is 0 Å². The van der Waals surface area contributed by atoms with E-state index in [1.807, 2.05) is 38.3 Å². The molecule has 10 heteroatoms. The fourth-order valence-electron chi connectivity index (χ4n) is 4.66. The zero-order valence-electron chi connectivity index (χ0n) is 20.5. The van der Waals surface area contributed by atoms with Crippen LogP contribution in [0.3, 0.4) is 0 Å². The van der Waals surface area contributed by atoms with Gasteiger partial charge in [0.25, 0.3) is 0 Å². The highest BCUT2D eigenvalue weighted by atomic mass is 32.2. The number of pyridine rings is 1. The summed E-state index contributed by atoms with van der Waals surface area (Å²) in [4.78, 5) is 13.9. The number of hydrogen-bond donors (Lipinski definition) is 1. The number of sulfone groups is 1. The fourth-order valence-corrected chi connectivity index (χ4v) is 6.15. The molecule has 1 aliphatic heterocycles. The van der Waals surface area contributed by atoms with Gasteiger partial charge in [-0.05, 0) is 32.8 Å². The second-order valence-corrected chi connectivity index (χ2v) is 11.2. The van der Waals surface area contributed by atoms with E-state index in [1.54, 1.807) is 24.0 Å². The van der Waals surface area contributed by atoms with Crippen molar-refractivity contribution in [2.45, 2.75) is 39.0 Å². The zero-order chi connectivity index (χ0) is 25.3. The van der Waals surface area contributed by atoms with Crippen LogP contribution in [0, 0.1) is 18.8 Å². The van der Waals surface area contributed by atoms with Crippen LogP contribution in [0.2, 0.25) is 0 Å². The molecule has 5 heterocycles. The molecule has 1 saturated heterocycles. The van der Waals surface area contributed by atoms with Crippen molar-refractivity contribution in [3.63, 3.8) is 0 Å². The van der Waals surface area contributed by atoms with Crippen LogP contribution >= 0.6 is 0 Å². The number of aromatic nitrogens is 6. The van der Waals surface area contributed by atoms with Gasteiger partial charge in [0.2, 0.25) is 0 Å². The highest BCUT2D eigenvalue weighted by Crippen LogP contribution is 2.35. The van der Waals surface area contributed by atoms with Crippen LogP contribution in [-0.4, -0.2) is 63.0 Å². The Morgan fingerprint density at radius 1 is 1.25 bits per heavy atom. The Morgan fingerprint density at radius 3 is 2.75 bits per heavy atom. The molecule has 0 atom stereocenters. The summed E-state index contributed by atoms with van der Waals surface area (Å²) in [5.41, 5.74) is 6.59. The molecule has 36 heavy (non-hydrogen) atoms. The van der Waals surface area contributed by atoms with Crippen molar-refractivity contribution < 1.29 is 8.42 Å². The first-order valence-electron chi connectivity index (χ1n) is 11.8. The summed E-state index contributed by atoms with van der Waals surface area (Å²) in [5, 5.41) is 13.1. The van der Waals surface area contributed by atoms with E-state index in [0.717, 1.165) is 39.2 Å². The third kappa shape index (κ3) is 4.42. The molecule has 1 fully saturated rings. The van der Waals surface area contributed by atoms with E-state index in [0.29, 0.717) is 30.6 Å². The summed E-state index contributed by atoms with van der Waals surface area (Å²) < 4.78 is 25.8. The molecule has 0 spiro atoms. The van der Waals surface area contributed by atoms with Crippen molar-refractivity contribution in [3.05, 3.63) is 47.7 Å². The monoisotopic (exact) mass is 501 g/mol.